The van der Waals surface area contributed by atoms with Gasteiger partial charge in [0.15, 0.2) is 0 Å². The number of rotatable bonds is 3. The van der Waals surface area contributed by atoms with Crippen molar-refractivity contribution < 1.29 is 14.6 Å². The number of carbonyl (C=O) groups is 1. The first-order valence-electron chi connectivity index (χ1n) is 4.31. The first-order chi connectivity index (χ1) is 5.79. The summed E-state index contributed by atoms with van der Waals surface area (Å²) >= 11 is 0. The van der Waals surface area contributed by atoms with Gasteiger partial charge in [-0.2, -0.15) is 0 Å². The van der Waals surface area contributed by atoms with Gasteiger partial charge in [0, 0.05) is 6.54 Å². The van der Waals surface area contributed by atoms with E-state index >= 15 is 0 Å². The molecule has 1 heterocycles. The summed E-state index contributed by atoms with van der Waals surface area (Å²) < 4.78 is 4.87. The van der Waals surface area contributed by atoms with E-state index in [1.807, 2.05) is 0 Å². The number of aliphatic hydroxyl groups is 1. The average molecular weight is 173 g/mol. The molecule has 1 atom stereocenters. The summed E-state index contributed by atoms with van der Waals surface area (Å²) in [5.41, 5.74) is 0. The highest BCUT2D eigenvalue weighted by molar-refractivity contribution is 5.76. The molecule has 0 spiro atoms. The van der Waals surface area contributed by atoms with Crippen LogP contribution in [0, 0.1) is 0 Å². The first-order valence-corrected chi connectivity index (χ1v) is 4.31. The monoisotopic (exact) mass is 173 g/mol. The van der Waals surface area contributed by atoms with Crippen LogP contribution in [-0.2, 0) is 9.53 Å². The van der Waals surface area contributed by atoms with E-state index < -0.39 is 0 Å². The van der Waals surface area contributed by atoms with E-state index in [-0.39, 0.29) is 18.7 Å². The van der Waals surface area contributed by atoms with Gasteiger partial charge < -0.3 is 9.84 Å². The van der Waals surface area contributed by atoms with Crippen LogP contribution in [0.15, 0.2) is 0 Å². The van der Waals surface area contributed by atoms with Crippen LogP contribution in [0.4, 0.5) is 0 Å². The van der Waals surface area contributed by atoms with Crippen LogP contribution < -0.4 is 0 Å². The summed E-state index contributed by atoms with van der Waals surface area (Å²) in [6.07, 6.45) is 1.77. The maximum absolute atomic E-state index is 11.2. The smallest absolute Gasteiger partial charge is 0.323 e. The highest BCUT2D eigenvalue weighted by Crippen LogP contribution is 2.16. The highest BCUT2D eigenvalue weighted by atomic mass is 16.5. The number of carbonyl (C=O) groups excluding carboxylic acids is 1. The molecule has 1 N–H and O–H groups in total. The molecule has 1 rings (SSSR count). The lowest BCUT2D eigenvalue weighted by molar-refractivity contribution is -0.149. The molecule has 0 aromatic carbocycles. The molecule has 0 radical (unpaired) electrons. The number of esters is 1. The minimum atomic E-state index is -0.213. The van der Waals surface area contributed by atoms with E-state index in [1.165, 1.54) is 0 Å². The molecule has 1 aliphatic heterocycles. The van der Waals surface area contributed by atoms with Gasteiger partial charge in [-0.3, -0.25) is 9.69 Å². The standard InChI is InChI=1S/C8H15NO3/c1-2-12-8(11)7-4-3-5-9(7)6-10/h7,10H,2-6H2,1H3. The van der Waals surface area contributed by atoms with Gasteiger partial charge in [0.2, 0.25) is 0 Å². The van der Waals surface area contributed by atoms with Crippen LogP contribution in [0.25, 0.3) is 0 Å². The van der Waals surface area contributed by atoms with Gasteiger partial charge in [-0.25, -0.2) is 0 Å². The molecule has 0 saturated carbocycles. The molecule has 0 aromatic rings. The van der Waals surface area contributed by atoms with Crippen molar-refractivity contribution in [2.45, 2.75) is 25.8 Å². The van der Waals surface area contributed by atoms with E-state index in [9.17, 15) is 4.79 Å². The molecular weight excluding hydrogens is 158 g/mol. The molecule has 0 amide bonds. The van der Waals surface area contributed by atoms with Gasteiger partial charge in [-0.15, -0.1) is 0 Å². The fourth-order valence-corrected chi connectivity index (χ4v) is 1.50. The minimum absolute atomic E-state index is 0.0521. The van der Waals surface area contributed by atoms with E-state index in [1.54, 1.807) is 11.8 Å². The molecule has 70 valence electrons. The van der Waals surface area contributed by atoms with Gasteiger partial charge in [0.05, 0.1) is 13.3 Å². The minimum Gasteiger partial charge on any atom is -0.465 e. The van der Waals surface area contributed by atoms with Gasteiger partial charge in [-0.05, 0) is 19.8 Å². The lowest BCUT2D eigenvalue weighted by atomic mass is 10.2. The summed E-state index contributed by atoms with van der Waals surface area (Å²) in [7, 11) is 0. The van der Waals surface area contributed by atoms with Crippen LogP contribution in [0.2, 0.25) is 0 Å². The van der Waals surface area contributed by atoms with E-state index in [0.717, 1.165) is 19.4 Å². The van der Waals surface area contributed by atoms with Crippen LogP contribution in [0.1, 0.15) is 19.8 Å². The molecular formula is C8H15NO3. The quantitative estimate of drug-likeness (QED) is 0.609. The third-order valence-corrected chi connectivity index (χ3v) is 2.10. The molecule has 1 unspecified atom stereocenters. The number of ether oxygens (including phenoxy) is 1. The Morgan fingerprint density at radius 3 is 3.08 bits per heavy atom. The lowest BCUT2D eigenvalue weighted by Crippen LogP contribution is -2.37. The van der Waals surface area contributed by atoms with Crippen molar-refractivity contribution in [3.05, 3.63) is 0 Å². The van der Waals surface area contributed by atoms with Crippen LogP contribution in [0.5, 0.6) is 0 Å². The third-order valence-electron chi connectivity index (χ3n) is 2.10. The Kier molecular flexibility index (Phi) is 3.49. The second-order valence-corrected chi connectivity index (χ2v) is 2.86. The van der Waals surface area contributed by atoms with Crippen molar-refractivity contribution in [3.63, 3.8) is 0 Å². The number of likely N-dealkylation sites (tertiary alicyclic amines) is 1. The SMILES string of the molecule is CCOC(=O)C1CCCN1CO. The maximum atomic E-state index is 11.2. The number of hydrogen-bond donors (Lipinski definition) is 1. The average Bonchev–Trinajstić information content (AvgIpc) is 2.51. The van der Waals surface area contributed by atoms with Crippen molar-refractivity contribution in [1.29, 1.82) is 0 Å². The lowest BCUT2D eigenvalue weighted by Gasteiger charge is -2.19. The third kappa shape index (κ3) is 1.95. The number of aliphatic hydroxyl groups excluding tert-OH is 1. The zero-order valence-corrected chi connectivity index (χ0v) is 7.32. The zero-order chi connectivity index (χ0) is 8.97. The Balaban J connectivity index is 2.43. The first kappa shape index (κ1) is 9.48. The number of hydrogen-bond acceptors (Lipinski definition) is 4. The van der Waals surface area contributed by atoms with Crippen molar-refractivity contribution in [3.8, 4) is 0 Å². The Morgan fingerprint density at radius 2 is 2.50 bits per heavy atom. The molecule has 12 heavy (non-hydrogen) atoms. The highest BCUT2D eigenvalue weighted by Gasteiger charge is 2.30. The largest absolute Gasteiger partial charge is 0.465 e. The summed E-state index contributed by atoms with van der Waals surface area (Å²) in [6, 6.07) is -0.213. The molecule has 4 nitrogen and oxygen atoms in total. The Hall–Kier alpha value is -0.610. The molecule has 1 aliphatic rings. The Morgan fingerprint density at radius 1 is 1.75 bits per heavy atom. The van der Waals surface area contributed by atoms with Gasteiger partial charge in [-0.1, -0.05) is 0 Å². The Bertz CT molecular complexity index is 160. The second-order valence-electron chi connectivity index (χ2n) is 2.86. The Labute approximate surface area is 72.1 Å². The van der Waals surface area contributed by atoms with Crippen LogP contribution in [-0.4, -0.2) is 41.9 Å². The maximum Gasteiger partial charge on any atom is 0.323 e. The topological polar surface area (TPSA) is 49.8 Å². The van der Waals surface area contributed by atoms with Crippen LogP contribution in [0.3, 0.4) is 0 Å². The molecule has 0 aromatic heterocycles. The predicted octanol–water partition coefficient (Wildman–Crippen LogP) is -0.0363. The predicted molar refractivity (Wildman–Crippen MR) is 43.4 cm³/mol. The summed E-state index contributed by atoms with van der Waals surface area (Å²) in [5, 5.41) is 8.87. The molecule has 1 saturated heterocycles. The van der Waals surface area contributed by atoms with Gasteiger partial charge in [0.25, 0.3) is 0 Å². The zero-order valence-electron chi connectivity index (χ0n) is 7.32. The molecule has 0 bridgehead atoms. The summed E-state index contributed by atoms with van der Waals surface area (Å²) in [4.78, 5) is 13.0. The van der Waals surface area contributed by atoms with E-state index in [4.69, 9.17) is 9.84 Å². The fourth-order valence-electron chi connectivity index (χ4n) is 1.50. The summed E-state index contributed by atoms with van der Waals surface area (Å²) in [6.45, 7) is 2.94. The van der Waals surface area contributed by atoms with Gasteiger partial charge >= 0.3 is 5.97 Å². The normalized spacial score (nSPS) is 24.3. The molecule has 0 aliphatic carbocycles. The van der Waals surface area contributed by atoms with Crippen LogP contribution >= 0.6 is 0 Å². The van der Waals surface area contributed by atoms with Crippen molar-refractivity contribution in [2.24, 2.45) is 0 Å². The molecule has 4 heteroatoms. The summed E-state index contributed by atoms with van der Waals surface area (Å²) in [5.74, 6) is -0.205. The van der Waals surface area contributed by atoms with Crippen molar-refractivity contribution in [2.75, 3.05) is 19.9 Å². The van der Waals surface area contributed by atoms with E-state index in [0.29, 0.717) is 6.61 Å². The van der Waals surface area contributed by atoms with Gasteiger partial charge in [0.1, 0.15) is 6.04 Å². The fraction of sp³-hybridized carbons (Fsp3) is 0.875. The van der Waals surface area contributed by atoms with Crippen molar-refractivity contribution >= 4 is 5.97 Å². The second kappa shape index (κ2) is 4.42. The number of nitrogens with zero attached hydrogens (tertiary/aromatic N) is 1. The molecule has 1 fully saturated rings. The van der Waals surface area contributed by atoms with Crippen molar-refractivity contribution in [1.82, 2.24) is 4.90 Å². The van der Waals surface area contributed by atoms with E-state index in [2.05, 4.69) is 0 Å².